The van der Waals surface area contributed by atoms with E-state index in [2.05, 4.69) is 0 Å². The summed E-state index contributed by atoms with van der Waals surface area (Å²) in [4.78, 5) is 31.3. The van der Waals surface area contributed by atoms with Crippen molar-refractivity contribution in [3.8, 4) is 0 Å². The van der Waals surface area contributed by atoms with Crippen molar-refractivity contribution in [2.24, 2.45) is 0 Å². The summed E-state index contributed by atoms with van der Waals surface area (Å²) in [5, 5.41) is 0.598. The molecule has 27 heavy (non-hydrogen) atoms. The molecule has 1 amide bonds. The molecule has 0 aliphatic carbocycles. The highest BCUT2D eigenvalue weighted by molar-refractivity contribution is 6.30. The molecule has 1 aliphatic heterocycles. The second kappa shape index (κ2) is 6.82. The van der Waals surface area contributed by atoms with Crippen molar-refractivity contribution in [2.75, 3.05) is 11.4 Å². The van der Waals surface area contributed by atoms with Gasteiger partial charge in [-0.15, -0.1) is 0 Å². The summed E-state index contributed by atoms with van der Waals surface area (Å²) in [6, 6.07) is 14.8. The van der Waals surface area contributed by atoms with Gasteiger partial charge in [0.05, 0.1) is 17.1 Å². The standard InChI is InChI=1S/C21H20ClN3O2/c1-13(14(2)26)25-19-9-4-3-8-18(19)23-21(25)15-10-20(27)24(12-15)17-7-5-6-16(22)11-17/h3-9,11,13,15H,10,12H2,1-2H3. The largest absolute Gasteiger partial charge is 0.317 e. The van der Waals surface area contributed by atoms with Crippen molar-refractivity contribution in [1.29, 1.82) is 0 Å². The van der Waals surface area contributed by atoms with E-state index in [0.29, 0.717) is 18.0 Å². The second-order valence-corrected chi connectivity index (χ2v) is 7.44. The third kappa shape index (κ3) is 3.12. The number of carbonyl (C=O) groups excluding carboxylic acids is 2. The van der Waals surface area contributed by atoms with E-state index >= 15 is 0 Å². The van der Waals surface area contributed by atoms with Crippen LogP contribution in [0.3, 0.4) is 0 Å². The van der Waals surface area contributed by atoms with E-state index in [1.807, 2.05) is 47.9 Å². The average molecular weight is 382 g/mol. The number of para-hydroxylation sites is 2. The normalized spacial score (nSPS) is 18.3. The van der Waals surface area contributed by atoms with Gasteiger partial charge in [0.1, 0.15) is 5.82 Å². The number of anilines is 1. The number of hydrogen-bond acceptors (Lipinski definition) is 3. The summed E-state index contributed by atoms with van der Waals surface area (Å²) in [6.07, 6.45) is 0.362. The number of benzene rings is 2. The van der Waals surface area contributed by atoms with Crippen LogP contribution < -0.4 is 4.90 Å². The highest BCUT2D eigenvalue weighted by Crippen LogP contribution is 2.35. The number of fused-ring (bicyclic) bond motifs is 1. The van der Waals surface area contributed by atoms with Crippen molar-refractivity contribution in [2.45, 2.75) is 32.2 Å². The van der Waals surface area contributed by atoms with Gasteiger partial charge in [-0.25, -0.2) is 4.98 Å². The van der Waals surface area contributed by atoms with Crippen LogP contribution in [0.2, 0.25) is 5.02 Å². The molecule has 1 saturated heterocycles. The van der Waals surface area contributed by atoms with Crippen molar-refractivity contribution in [3.63, 3.8) is 0 Å². The van der Waals surface area contributed by atoms with Crippen LogP contribution in [0.25, 0.3) is 11.0 Å². The zero-order valence-electron chi connectivity index (χ0n) is 15.2. The number of Topliss-reactive ketones (excluding diaryl/α,β-unsaturated/α-hetero) is 1. The third-order valence-electron chi connectivity index (χ3n) is 5.21. The van der Waals surface area contributed by atoms with Gasteiger partial charge in [-0.1, -0.05) is 29.8 Å². The fourth-order valence-electron chi connectivity index (χ4n) is 3.71. The van der Waals surface area contributed by atoms with Crippen molar-refractivity contribution < 1.29 is 9.59 Å². The first-order valence-corrected chi connectivity index (χ1v) is 9.36. The molecule has 0 N–H and O–H groups in total. The Morgan fingerprint density at radius 3 is 2.74 bits per heavy atom. The molecule has 1 aromatic heterocycles. The van der Waals surface area contributed by atoms with Crippen LogP contribution in [-0.4, -0.2) is 27.8 Å². The van der Waals surface area contributed by atoms with E-state index in [1.54, 1.807) is 24.0 Å². The van der Waals surface area contributed by atoms with Crippen LogP contribution >= 0.6 is 11.6 Å². The van der Waals surface area contributed by atoms with Crippen LogP contribution in [0.1, 0.15) is 38.1 Å². The Labute approximate surface area is 162 Å². The fraction of sp³-hybridized carbons (Fsp3) is 0.286. The summed E-state index contributed by atoms with van der Waals surface area (Å²) >= 11 is 6.09. The van der Waals surface area contributed by atoms with Gasteiger partial charge in [-0.2, -0.15) is 0 Å². The Balaban J connectivity index is 1.76. The molecular weight excluding hydrogens is 362 g/mol. The third-order valence-corrected chi connectivity index (χ3v) is 5.44. The van der Waals surface area contributed by atoms with Crippen LogP contribution in [0.5, 0.6) is 0 Å². The monoisotopic (exact) mass is 381 g/mol. The maximum absolute atomic E-state index is 12.7. The molecule has 4 rings (SSSR count). The first kappa shape index (κ1) is 17.7. The summed E-state index contributed by atoms with van der Waals surface area (Å²) in [5.41, 5.74) is 2.55. The number of amides is 1. The number of aromatic nitrogens is 2. The zero-order valence-corrected chi connectivity index (χ0v) is 16.0. The summed E-state index contributed by atoms with van der Waals surface area (Å²) < 4.78 is 1.98. The maximum atomic E-state index is 12.7. The molecule has 6 heteroatoms. The van der Waals surface area contributed by atoms with Gasteiger partial charge < -0.3 is 9.47 Å². The van der Waals surface area contributed by atoms with E-state index in [9.17, 15) is 9.59 Å². The second-order valence-electron chi connectivity index (χ2n) is 7.00. The SMILES string of the molecule is CC(=O)C(C)n1c(C2CC(=O)N(c3cccc(Cl)c3)C2)nc2ccccc21. The van der Waals surface area contributed by atoms with Crippen LogP contribution in [-0.2, 0) is 9.59 Å². The molecule has 0 spiro atoms. The Morgan fingerprint density at radius 1 is 1.22 bits per heavy atom. The van der Waals surface area contributed by atoms with Crippen molar-refractivity contribution in [1.82, 2.24) is 9.55 Å². The molecular formula is C21H20ClN3O2. The molecule has 3 aromatic rings. The number of carbonyl (C=O) groups is 2. The average Bonchev–Trinajstić information content (AvgIpc) is 3.21. The first-order chi connectivity index (χ1) is 13.0. The molecule has 5 nitrogen and oxygen atoms in total. The van der Waals surface area contributed by atoms with Crippen LogP contribution in [0.15, 0.2) is 48.5 Å². The Morgan fingerprint density at radius 2 is 2.00 bits per heavy atom. The van der Waals surface area contributed by atoms with Crippen LogP contribution in [0.4, 0.5) is 5.69 Å². The first-order valence-electron chi connectivity index (χ1n) is 8.99. The summed E-state index contributed by atoms with van der Waals surface area (Å²) in [5.74, 6) is 0.814. The molecule has 1 aliphatic rings. The van der Waals surface area contributed by atoms with Gasteiger partial charge in [0.2, 0.25) is 5.91 Å². The van der Waals surface area contributed by atoms with Gasteiger partial charge in [-0.05, 0) is 44.2 Å². The lowest BCUT2D eigenvalue weighted by molar-refractivity contribution is -0.119. The molecule has 138 valence electrons. The molecule has 2 heterocycles. The molecule has 2 unspecified atom stereocenters. The highest BCUT2D eigenvalue weighted by atomic mass is 35.5. The Kier molecular flexibility index (Phi) is 4.48. The number of rotatable bonds is 4. The lowest BCUT2D eigenvalue weighted by Crippen LogP contribution is -2.25. The molecule has 0 bridgehead atoms. The molecule has 1 fully saturated rings. The van der Waals surface area contributed by atoms with Gasteiger partial charge in [-0.3, -0.25) is 9.59 Å². The van der Waals surface area contributed by atoms with Crippen molar-refractivity contribution in [3.05, 3.63) is 59.4 Å². The molecule has 2 atom stereocenters. The maximum Gasteiger partial charge on any atom is 0.227 e. The van der Waals surface area contributed by atoms with Crippen LogP contribution in [0, 0.1) is 0 Å². The van der Waals surface area contributed by atoms with E-state index < -0.39 is 0 Å². The van der Waals surface area contributed by atoms with Crippen molar-refractivity contribution >= 4 is 40.0 Å². The van der Waals surface area contributed by atoms with Gasteiger partial charge in [0.15, 0.2) is 5.78 Å². The Hall–Kier alpha value is -2.66. The van der Waals surface area contributed by atoms with E-state index in [4.69, 9.17) is 16.6 Å². The number of ketones is 1. The minimum Gasteiger partial charge on any atom is -0.317 e. The predicted molar refractivity (Wildman–Crippen MR) is 106 cm³/mol. The predicted octanol–water partition coefficient (Wildman–Crippen LogP) is 4.36. The smallest absolute Gasteiger partial charge is 0.227 e. The van der Waals surface area contributed by atoms with E-state index in [-0.39, 0.29) is 23.7 Å². The minimum atomic E-state index is -0.331. The number of hydrogen-bond donors (Lipinski definition) is 0. The van der Waals surface area contributed by atoms with E-state index in [1.165, 1.54) is 0 Å². The Bertz CT molecular complexity index is 1040. The lowest BCUT2D eigenvalue weighted by atomic mass is 10.1. The lowest BCUT2D eigenvalue weighted by Gasteiger charge is -2.19. The molecule has 2 aromatic carbocycles. The van der Waals surface area contributed by atoms with Gasteiger partial charge in [0.25, 0.3) is 0 Å². The number of imidazole rings is 1. The summed E-state index contributed by atoms with van der Waals surface area (Å²) in [7, 11) is 0. The topological polar surface area (TPSA) is 55.2 Å². The van der Waals surface area contributed by atoms with Gasteiger partial charge >= 0.3 is 0 Å². The van der Waals surface area contributed by atoms with E-state index in [0.717, 1.165) is 22.5 Å². The molecule has 0 saturated carbocycles. The van der Waals surface area contributed by atoms with Gasteiger partial charge in [0, 0.05) is 29.6 Å². The quantitative estimate of drug-likeness (QED) is 0.674. The molecule has 0 radical (unpaired) electrons. The zero-order chi connectivity index (χ0) is 19.1. The highest BCUT2D eigenvalue weighted by Gasteiger charge is 2.36. The fourth-order valence-corrected chi connectivity index (χ4v) is 3.90. The summed E-state index contributed by atoms with van der Waals surface area (Å²) in [6.45, 7) is 3.99. The number of nitrogens with zero attached hydrogens (tertiary/aromatic N) is 3. The minimum absolute atomic E-state index is 0.0383. The number of halogens is 1.